The van der Waals surface area contributed by atoms with E-state index < -0.39 is 10.8 Å². The fraction of sp³-hybridized carbons (Fsp3) is 0.133. The quantitative estimate of drug-likeness (QED) is 0.884. The van der Waals surface area contributed by atoms with E-state index in [4.69, 9.17) is 22.6 Å². The summed E-state index contributed by atoms with van der Waals surface area (Å²) in [7, 11) is -1.27. The zero-order valence-electron chi connectivity index (χ0n) is 10.9. The van der Waals surface area contributed by atoms with Gasteiger partial charge >= 0.3 is 0 Å². The van der Waals surface area contributed by atoms with E-state index in [1.807, 2.05) is 25.1 Å². The molecule has 5 heteroatoms. The van der Waals surface area contributed by atoms with E-state index in [2.05, 4.69) is 0 Å². The predicted octanol–water partition coefficient (Wildman–Crippen LogP) is 3.41. The number of aryl methyl sites for hydroxylation is 1. The number of rotatable bonds is 3. The Bertz CT molecular complexity index is 722. The lowest BCUT2D eigenvalue weighted by atomic mass is 10.2. The minimum Gasteiger partial charge on any atom is -0.398 e. The molecule has 102 valence electrons. The molecule has 0 aliphatic carbocycles. The summed E-state index contributed by atoms with van der Waals surface area (Å²) in [4.78, 5) is 0.616. The van der Waals surface area contributed by atoms with Gasteiger partial charge in [0.2, 0.25) is 0 Å². The van der Waals surface area contributed by atoms with Crippen LogP contribution in [0.25, 0.3) is 0 Å². The van der Waals surface area contributed by atoms with E-state index in [-0.39, 0.29) is 5.75 Å². The van der Waals surface area contributed by atoms with Crippen LogP contribution in [0.5, 0.6) is 0 Å². The first-order chi connectivity index (χ1) is 9.51. The van der Waals surface area contributed by atoms with Crippen LogP contribution in [0.1, 0.15) is 16.7 Å². The van der Waals surface area contributed by atoms with Crippen molar-refractivity contribution in [1.82, 2.24) is 0 Å². The molecule has 0 saturated carbocycles. The summed E-state index contributed by atoms with van der Waals surface area (Å²) in [6.07, 6.45) is 0. The van der Waals surface area contributed by atoms with Crippen molar-refractivity contribution < 1.29 is 4.21 Å². The average Bonchev–Trinajstić information content (AvgIpc) is 2.43. The summed E-state index contributed by atoms with van der Waals surface area (Å²) in [6, 6.07) is 12.4. The van der Waals surface area contributed by atoms with Gasteiger partial charge in [-0.2, -0.15) is 5.26 Å². The highest BCUT2D eigenvalue weighted by Gasteiger charge is 2.11. The zero-order chi connectivity index (χ0) is 14.7. The lowest BCUT2D eigenvalue weighted by molar-refractivity contribution is 0.683. The van der Waals surface area contributed by atoms with E-state index in [9.17, 15) is 4.21 Å². The Morgan fingerprint density at radius 2 is 2.05 bits per heavy atom. The summed E-state index contributed by atoms with van der Waals surface area (Å²) in [5, 5.41) is 9.24. The number of hydrogen-bond acceptors (Lipinski definition) is 3. The highest BCUT2D eigenvalue weighted by atomic mass is 35.5. The molecular formula is C15H13ClN2OS. The number of nitrogens with zero attached hydrogens (tertiary/aromatic N) is 1. The Balaban J connectivity index is 2.28. The molecule has 0 aliphatic heterocycles. The third-order valence-corrected chi connectivity index (χ3v) is 4.65. The third-order valence-electron chi connectivity index (χ3n) is 2.88. The number of halogens is 1. The maximum Gasteiger partial charge on any atom is 0.0992 e. The molecule has 1 atom stereocenters. The van der Waals surface area contributed by atoms with Gasteiger partial charge in [-0.15, -0.1) is 0 Å². The molecule has 2 aromatic rings. The van der Waals surface area contributed by atoms with E-state index in [1.165, 1.54) is 0 Å². The molecule has 0 aliphatic rings. The van der Waals surface area contributed by atoms with Crippen LogP contribution in [0.3, 0.4) is 0 Å². The van der Waals surface area contributed by atoms with Crippen LogP contribution in [0, 0.1) is 18.3 Å². The summed E-state index contributed by atoms with van der Waals surface area (Å²) in [5.41, 5.74) is 8.61. The maximum absolute atomic E-state index is 12.4. The molecule has 2 N–H and O–H groups in total. The van der Waals surface area contributed by atoms with Crippen molar-refractivity contribution in [3.63, 3.8) is 0 Å². The maximum atomic E-state index is 12.4. The molecule has 0 heterocycles. The van der Waals surface area contributed by atoms with Crippen LogP contribution >= 0.6 is 11.6 Å². The monoisotopic (exact) mass is 304 g/mol. The molecule has 0 radical (unpaired) electrons. The van der Waals surface area contributed by atoms with E-state index in [0.717, 1.165) is 11.1 Å². The molecule has 0 fully saturated rings. The second kappa shape index (κ2) is 6.08. The molecule has 0 saturated heterocycles. The van der Waals surface area contributed by atoms with Crippen LogP contribution in [-0.4, -0.2) is 4.21 Å². The van der Waals surface area contributed by atoms with Gasteiger partial charge in [0.15, 0.2) is 0 Å². The van der Waals surface area contributed by atoms with Gasteiger partial charge in [-0.3, -0.25) is 4.21 Å². The zero-order valence-corrected chi connectivity index (χ0v) is 12.5. The Morgan fingerprint density at radius 1 is 1.30 bits per heavy atom. The minimum atomic E-state index is -1.27. The normalized spacial score (nSPS) is 11.8. The van der Waals surface area contributed by atoms with Gasteiger partial charge in [0, 0.05) is 10.7 Å². The molecule has 3 nitrogen and oxygen atoms in total. The van der Waals surface area contributed by atoms with Crippen molar-refractivity contribution in [3.05, 3.63) is 58.1 Å². The van der Waals surface area contributed by atoms with Gasteiger partial charge in [0.25, 0.3) is 0 Å². The fourth-order valence-corrected chi connectivity index (χ4v) is 3.46. The van der Waals surface area contributed by atoms with Crippen molar-refractivity contribution in [1.29, 1.82) is 5.26 Å². The highest BCUT2D eigenvalue weighted by Crippen LogP contribution is 2.24. The molecule has 2 rings (SSSR count). The molecule has 0 amide bonds. The van der Waals surface area contributed by atoms with Gasteiger partial charge < -0.3 is 5.73 Å². The van der Waals surface area contributed by atoms with Crippen LogP contribution in [-0.2, 0) is 16.6 Å². The molecular weight excluding hydrogens is 292 g/mol. The second-order valence-electron chi connectivity index (χ2n) is 4.45. The fourth-order valence-electron chi connectivity index (χ4n) is 1.79. The number of anilines is 1. The van der Waals surface area contributed by atoms with Crippen molar-refractivity contribution in [3.8, 4) is 6.07 Å². The van der Waals surface area contributed by atoms with Crippen LogP contribution < -0.4 is 5.73 Å². The standard InChI is InChI=1S/C15H13ClN2OS/c1-10-2-5-14(18)15(6-10)20(19)9-12-4-3-11(8-17)7-13(12)16/h2-7H,9,18H2,1H3. The largest absolute Gasteiger partial charge is 0.398 e. The van der Waals surface area contributed by atoms with Crippen LogP contribution in [0.15, 0.2) is 41.3 Å². The van der Waals surface area contributed by atoms with E-state index in [1.54, 1.807) is 24.3 Å². The summed E-state index contributed by atoms with van der Waals surface area (Å²) < 4.78 is 12.4. The topological polar surface area (TPSA) is 66.9 Å². The number of benzene rings is 2. The first kappa shape index (κ1) is 14.6. The van der Waals surface area contributed by atoms with Crippen molar-refractivity contribution in [2.45, 2.75) is 17.6 Å². The van der Waals surface area contributed by atoms with Crippen LogP contribution in [0.2, 0.25) is 5.02 Å². The molecule has 0 aromatic heterocycles. The predicted molar refractivity (Wildman–Crippen MR) is 81.9 cm³/mol. The van der Waals surface area contributed by atoms with E-state index >= 15 is 0 Å². The Kier molecular flexibility index (Phi) is 4.43. The minimum absolute atomic E-state index is 0.276. The van der Waals surface area contributed by atoms with Crippen molar-refractivity contribution >= 4 is 28.1 Å². The number of nitrogens with two attached hydrogens (primary N) is 1. The second-order valence-corrected chi connectivity index (χ2v) is 6.28. The lowest BCUT2D eigenvalue weighted by Gasteiger charge is -2.08. The SMILES string of the molecule is Cc1ccc(N)c(S(=O)Cc2ccc(C#N)cc2Cl)c1. The molecule has 2 aromatic carbocycles. The molecule has 0 spiro atoms. The number of nitrogen functional groups attached to an aromatic ring is 1. The Morgan fingerprint density at radius 3 is 2.70 bits per heavy atom. The summed E-state index contributed by atoms with van der Waals surface area (Å²) >= 11 is 6.09. The molecule has 0 bridgehead atoms. The Labute approximate surface area is 125 Å². The molecule has 1 unspecified atom stereocenters. The summed E-state index contributed by atoms with van der Waals surface area (Å²) in [6.45, 7) is 1.93. The summed E-state index contributed by atoms with van der Waals surface area (Å²) in [5.74, 6) is 0.276. The first-order valence-corrected chi connectivity index (χ1v) is 7.64. The van der Waals surface area contributed by atoms with Gasteiger partial charge in [-0.1, -0.05) is 23.7 Å². The van der Waals surface area contributed by atoms with Gasteiger partial charge in [0.05, 0.1) is 33.1 Å². The number of nitriles is 1. The number of hydrogen-bond donors (Lipinski definition) is 1. The first-order valence-electron chi connectivity index (χ1n) is 5.94. The van der Waals surface area contributed by atoms with E-state index in [0.29, 0.717) is 21.2 Å². The van der Waals surface area contributed by atoms with Gasteiger partial charge in [0.1, 0.15) is 0 Å². The lowest BCUT2D eigenvalue weighted by Crippen LogP contribution is -2.02. The van der Waals surface area contributed by atoms with Crippen LogP contribution in [0.4, 0.5) is 5.69 Å². The highest BCUT2D eigenvalue weighted by molar-refractivity contribution is 7.84. The van der Waals surface area contributed by atoms with Gasteiger partial charge in [-0.05, 0) is 42.3 Å². The van der Waals surface area contributed by atoms with Crippen molar-refractivity contribution in [2.75, 3.05) is 5.73 Å². The third kappa shape index (κ3) is 3.19. The van der Waals surface area contributed by atoms with Gasteiger partial charge in [-0.25, -0.2) is 0 Å². The Hall–Kier alpha value is -1.83. The van der Waals surface area contributed by atoms with Crippen molar-refractivity contribution in [2.24, 2.45) is 0 Å². The smallest absolute Gasteiger partial charge is 0.0992 e. The molecule has 20 heavy (non-hydrogen) atoms. The average molecular weight is 305 g/mol.